The van der Waals surface area contributed by atoms with E-state index in [4.69, 9.17) is 10.8 Å². The molecule has 1 amide bonds. The number of aromatic nitrogens is 1. The number of aliphatic hydroxyl groups excluding tert-OH is 1. The van der Waals surface area contributed by atoms with Crippen LogP contribution < -0.4 is 11.1 Å². The number of pyridine rings is 1. The summed E-state index contributed by atoms with van der Waals surface area (Å²) in [4.78, 5) is 15.7. The molecule has 1 heterocycles. The zero-order valence-electron chi connectivity index (χ0n) is 10.2. The molecule has 0 aromatic carbocycles. The van der Waals surface area contributed by atoms with Gasteiger partial charge >= 0.3 is 0 Å². The van der Waals surface area contributed by atoms with Crippen LogP contribution >= 0.6 is 0 Å². The number of amides is 1. The first-order valence-corrected chi connectivity index (χ1v) is 5.53. The second kappa shape index (κ2) is 5.75. The minimum absolute atomic E-state index is 0.272. The van der Waals surface area contributed by atoms with Gasteiger partial charge in [-0.25, -0.2) is 0 Å². The molecule has 0 bridgehead atoms. The third kappa shape index (κ3) is 3.80. The van der Waals surface area contributed by atoms with Crippen LogP contribution in [0.2, 0.25) is 0 Å². The Labute approximate surface area is 101 Å². The van der Waals surface area contributed by atoms with Crippen LogP contribution in [0.5, 0.6) is 0 Å². The van der Waals surface area contributed by atoms with E-state index in [2.05, 4.69) is 10.3 Å². The van der Waals surface area contributed by atoms with Gasteiger partial charge in [-0.3, -0.25) is 9.78 Å². The number of carbonyl (C=O) groups excluding carboxylic acids is 1. The van der Waals surface area contributed by atoms with Crippen LogP contribution in [0.25, 0.3) is 0 Å². The quantitative estimate of drug-likeness (QED) is 0.661. The normalized spacial score (nSPS) is 13.2. The van der Waals surface area contributed by atoms with Gasteiger partial charge < -0.3 is 16.2 Å². The SMILES string of the molecule is CC(C)(CNC(=O)C(N)CO)c1ccccn1. The molecule has 1 aromatic rings. The number of hydrogen-bond acceptors (Lipinski definition) is 4. The van der Waals surface area contributed by atoms with Crippen LogP contribution in [0.1, 0.15) is 19.5 Å². The minimum Gasteiger partial charge on any atom is -0.394 e. The Morgan fingerprint density at radius 3 is 2.82 bits per heavy atom. The molecule has 0 fully saturated rings. The summed E-state index contributed by atoms with van der Waals surface area (Å²) in [5.74, 6) is -0.350. The van der Waals surface area contributed by atoms with Gasteiger partial charge in [0.05, 0.1) is 6.61 Å². The van der Waals surface area contributed by atoms with Crippen molar-refractivity contribution >= 4 is 5.91 Å². The van der Waals surface area contributed by atoms with Crippen LogP contribution in [-0.4, -0.2) is 35.2 Å². The molecule has 5 nitrogen and oxygen atoms in total. The van der Waals surface area contributed by atoms with Crippen LogP contribution in [-0.2, 0) is 10.2 Å². The molecule has 0 saturated heterocycles. The van der Waals surface area contributed by atoms with E-state index in [1.165, 1.54) is 0 Å². The molecule has 1 aromatic heterocycles. The van der Waals surface area contributed by atoms with Crippen LogP contribution in [0.3, 0.4) is 0 Å². The van der Waals surface area contributed by atoms with Crippen molar-refractivity contribution in [1.82, 2.24) is 10.3 Å². The summed E-state index contributed by atoms with van der Waals surface area (Å²) in [5.41, 5.74) is 6.04. The fourth-order valence-electron chi connectivity index (χ4n) is 1.38. The molecule has 0 saturated carbocycles. The Morgan fingerprint density at radius 2 is 2.29 bits per heavy atom. The Balaban J connectivity index is 2.59. The third-order valence-corrected chi connectivity index (χ3v) is 2.60. The van der Waals surface area contributed by atoms with E-state index in [1.54, 1.807) is 6.20 Å². The molecule has 1 rings (SSSR count). The van der Waals surface area contributed by atoms with Gasteiger partial charge in [0, 0.05) is 23.9 Å². The van der Waals surface area contributed by atoms with Crippen molar-refractivity contribution in [3.63, 3.8) is 0 Å². The van der Waals surface area contributed by atoms with E-state index in [1.807, 2.05) is 32.0 Å². The average molecular weight is 237 g/mol. The van der Waals surface area contributed by atoms with E-state index < -0.39 is 6.04 Å². The van der Waals surface area contributed by atoms with Crippen molar-refractivity contribution in [2.45, 2.75) is 25.3 Å². The van der Waals surface area contributed by atoms with E-state index in [9.17, 15) is 4.79 Å². The molecule has 0 aliphatic heterocycles. The van der Waals surface area contributed by atoms with Gasteiger partial charge in [-0.15, -0.1) is 0 Å². The molecule has 5 heteroatoms. The zero-order valence-corrected chi connectivity index (χ0v) is 10.2. The van der Waals surface area contributed by atoms with Gasteiger partial charge in [0.15, 0.2) is 0 Å². The Bertz CT molecular complexity index is 365. The van der Waals surface area contributed by atoms with Gasteiger partial charge in [0.1, 0.15) is 6.04 Å². The van der Waals surface area contributed by atoms with Crippen molar-refractivity contribution < 1.29 is 9.90 Å². The molecule has 1 atom stereocenters. The Morgan fingerprint density at radius 1 is 1.59 bits per heavy atom. The summed E-state index contributed by atoms with van der Waals surface area (Å²) >= 11 is 0. The fourth-order valence-corrected chi connectivity index (χ4v) is 1.38. The Kier molecular flexibility index (Phi) is 4.60. The maximum atomic E-state index is 11.4. The number of nitrogens with zero attached hydrogens (tertiary/aromatic N) is 1. The Hall–Kier alpha value is -1.46. The first-order chi connectivity index (χ1) is 7.97. The van der Waals surface area contributed by atoms with Gasteiger partial charge in [-0.05, 0) is 12.1 Å². The largest absolute Gasteiger partial charge is 0.394 e. The van der Waals surface area contributed by atoms with E-state index >= 15 is 0 Å². The maximum Gasteiger partial charge on any atom is 0.239 e. The van der Waals surface area contributed by atoms with Gasteiger partial charge in [-0.1, -0.05) is 19.9 Å². The molecule has 1 unspecified atom stereocenters. The number of hydrogen-bond donors (Lipinski definition) is 3. The van der Waals surface area contributed by atoms with E-state index in [-0.39, 0.29) is 17.9 Å². The number of nitrogens with one attached hydrogen (secondary N) is 1. The second-order valence-electron chi connectivity index (χ2n) is 4.61. The molecular weight excluding hydrogens is 218 g/mol. The monoisotopic (exact) mass is 237 g/mol. The molecule has 0 aliphatic rings. The lowest BCUT2D eigenvalue weighted by atomic mass is 9.88. The van der Waals surface area contributed by atoms with Crippen LogP contribution in [0, 0.1) is 0 Å². The highest BCUT2D eigenvalue weighted by Gasteiger charge is 2.23. The fraction of sp³-hybridized carbons (Fsp3) is 0.500. The second-order valence-corrected chi connectivity index (χ2v) is 4.61. The molecule has 0 aliphatic carbocycles. The number of aliphatic hydroxyl groups is 1. The molecular formula is C12H19N3O2. The molecule has 4 N–H and O–H groups in total. The molecule has 0 spiro atoms. The maximum absolute atomic E-state index is 11.4. The van der Waals surface area contributed by atoms with Crippen molar-refractivity contribution in [2.75, 3.05) is 13.2 Å². The minimum atomic E-state index is -0.866. The van der Waals surface area contributed by atoms with Crippen molar-refractivity contribution in [2.24, 2.45) is 5.73 Å². The summed E-state index contributed by atoms with van der Waals surface area (Å²) in [6, 6.07) is 4.80. The highest BCUT2D eigenvalue weighted by atomic mass is 16.3. The summed E-state index contributed by atoms with van der Waals surface area (Å²) in [6.45, 7) is 4.05. The first-order valence-electron chi connectivity index (χ1n) is 5.53. The van der Waals surface area contributed by atoms with Gasteiger partial charge in [0.2, 0.25) is 5.91 Å². The standard InChI is InChI=1S/C12H19N3O2/c1-12(2,10-5-3-4-6-14-10)8-15-11(17)9(13)7-16/h3-6,9,16H,7-8,13H2,1-2H3,(H,15,17). The first kappa shape index (κ1) is 13.6. The predicted molar refractivity (Wildman–Crippen MR) is 65.3 cm³/mol. The number of nitrogens with two attached hydrogens (primary N) is 1. The average Bonchev–Trinajstić information content (AvgIpc) is 2.36. The van der Waals surface area contributed by atoms with Crippen LogP contribution in [0.4, 0.5) is 0 Å². The van der Waals surface area contributed by atoms with Crippen molar-refractivity contribution in [1.29, 1.82) is 0 Å². The lowest BCUT2D eigenvalue weighted by Gasteiger charge is -2.25. The summed E-state index contributed by atoms with van der Waals surface area (Å²) in [5, 5.41) is 11.5. The molecule has 94 valence electrons. The third-order valence-electron chi connectivity index (χ3n) is 2.60. The summed E-state index contributed by atoms with van der Waals surface area (Å²) in [7, 11) is 0. The lowest BCUT2D eigenvalue weighted by Crippen LogP contribution is -2.46. The summed E-state index contributed by atoms with van der Waals surface area (Å²) in [6.07, 6.45) is 1.72. The molecule has 17 heavy (non-hydrogen) atoms. The summed E-state index contributed by atoms with van der Waals surface area (Å²) < 4.78 is 0. The molecule has 0 radical (unpaired) electrons. The van der Waals surface area contributed by atoms with Crippen molar-refractivity contribution in [3.05, 3.63) is 30.1 Å². The topological polar surface area (TPSA) is 88.2 Å². The zero-order chi connectivity index (χ0) is 12.9. The van der Waals surface area contributed by atoms with E-state index in [0.29, 0.717) is 6.54 Å². The highest BCUT2D eigenvalue weighted by Crippen LogP contribution is 2.19. The smallest absolute Gasteiger partial charge is 0.239 e. The number of rotatable bonds is 5. The van der Waals surface area contributed by atoms with E-state index in [0.717, 1.165) is 5.69 Å². The number of carbonyl (C=O) groups is 1. The van der Waals surface area contributed by atoms with Crippen LogP contribution in [0.15, 0.2) is 24.4 Å². The van der Waals surface area contributed by atoms with Crippen molar-refractivity contribution in [3.8, 4) is 0 Å². The lowest BCUT2D eigenvalue weighted by molar-refractivity contribution is -0.123. The van der Waals surface area contributed by atoms with Gasteiger partial charge in [-0.2, -0.15) is 0 Å². The highest BCUT2D eigenvalue weighted by molar-refractivity contribution is 5.81. The van der Waals surface area contributed by atoms with Gasteiger partial charge in [0.25, 0.3) is 0 Å². The predicted octanol–water partition coefficient (Wildman–Crippen LogP) is -0.205.